The molecule has 2 aliphatic rings. The summed E-state index contributed by atoms with van der Waals surface area (Å²) < 4.78 is 5.26. The highest BCUT2D eigenvalue weighted by Gasteiger charge is 2.32. The maximum absolute atomic E-state index is 12.8. The van der Waals surface area contributed by atoms with E-state index in [-0.39, 0.29) is 12.0 Å². The van der Waals surface area contributed by atoms with Crippen molar-refractivity contribution in [2.24, 2.45) is 0 Å². The molecule has 2 atom stereocenters. The van der Waals surface area contributed by atoms with E-state index in [1.165, 1.54) is 0 Å². The minimum absolute atomic E-state index is 0.114. The van der Waals surface area contributed by atoms with Gasteiger partial charge in [-0.25, -0.2) is 4.79 Å². The van der Waals surface area contributed by atoms with Crippen LogP contribution >= 0.6 is 0 Å². The Kier molecular flexibility index (Phi) is 5.60. The zero-order valence-electron chi connectivity index (χ0n) is 16.3. The Morgan fingerprint density at radius 2 is 1.81 bits per heavy atom. The molecule has 0 radical (unpaired) electrons. The van der Waals surface area contributed by atoms with Crippen LogP contribution in [0.15, 0.2) is 24.3 Å². The smallest absolute Gasteiger partial charge is 0.408 e. The lowest BCUT2D eigenvalue weighted by atomic mass is 10.0. The van der Waals surface area contributed by atoms with Crippen LogP contribution in [0, 0.1) is 0 Å². The zero-order chi connectivity index (χ0) is 19.6. The molecule has 1 aromatic carbocycles. The number of nitrogens with zero attached hydrogens (tertiary/aromatic N) is 2. The Balaban J connectivity index is 1.64. The lowest BCUT2D eigenvalue weighted by molar-refractivity contribution is -0.121. The number of hydrogen-bond donors (Lipinski definition) is 2. The first kappa shape index (κ1) is 19.5. The number of aliphatic hydroxyl groups excluding tert-OH is 1. The van der Waals surface area contributed by atoms with Crippen molar-refractivity contribution in [3.05, 3.63) is 24.3 Å². The van der Waals surface area contributed by atoms with E-state index >= 15 is 0 Å². The molecule has 0 saturated carbocycles. The molecule has 1 unspecified atom stereocenters. The van der Waals surface area contributed by atoms with Gasteiger partial charge < -0.3 is 25.0 Å². The molecule has 7 heteroatoms. The van der Waals surface area contributed by atoms with Crippen LogP contribution in [0.2, 0.25) is 0 Å². The molecule has 27 heavy (non-hydrogen) atoms. The number of ether oxygens (including phenoxy) is 1. The normalized spacial score (nSPS) is 23.5. The summed E-state index contributed by atoms with van der Waals surface area (Å²) in [6, 6.07) is 7.24. The van der Waals surface area contributed by atoms with Crippen molar-refractivity contribution in [2.45, 2.75) is 57.8 Å². The fourth-order valence-corrected chi connectivity index (χ4v) is 3.54. The highest BCUT2D eigenvalue weighted by molar-refractivity contribution is 5.99. The molecular formula is C20H29N3O4. The highest BCUT2D eigenvalue weighted by Crippen LogP contribution is 2.26. The number of alkyl carbamates (subject to hydrolysis) is 1. The van der Waals surface area contributed by atoms with Crippen molar-refractivity contribution in [1.82, 2.24) is 5.32 Å². The van der Waals surface area contributed by atoms with Gasteiger partial charge >= 0.3 is 6.09 Å². The van der Waals surface area contributed by atoms with Crippen LogP contribution in [-0.2, 0) is 9.53 Å². The van der Waals surface area contributed by atoms with E-state index in [9.17, 15) is 14.7 Å². The number of carbonyl (C=O) groups excluding carboxylic acids is 2. The van der Waals surface area contributed by atoms with Crippen molar-refractivity contribution >= 4 is 23.4 Å². The maximum atomic E-state index is 12.8. The summed E-state index contributed by atoms with van der Waals surface area (Å²) in [6.07, 6.45) is 1.37. The van der Waals surface area contributed by atoms with Crippen LogP contribution in [0.3, 0.4) is 0 Å². The molecule has 7 nitrogen and oxygen atoms in total. The third-order valence-corrected chi connectivity index (χ3v) is 4.82. The van der Waals surface area contributed by atoms with Crippen molar-refractivity contribution in [2.75, 3.05) is 29.4 Å². The number of amides is 2. The third-order valence-electron chi connectivity index (χ3n) is 4.82. The Morgan fingerprint density at radius 1 is 1.15 bits per heavy atom. The predicted octanol–water partition coefficient (Wildman–Crippen LogP) is 2.28. The Labute approximate surface area is 160 Å². The first-order valence-electron chi connectivity index (χ1n) is 9.57. The largest absolute Gasteiger partial charge is 0.444 e. The van der Waals surface area contributed by atoms with Crippen LogP contribution in [0.4, 0.5) is 16.2 Å². The average Bonchev–Trinajstić information content (AvgIpc) is 3.02. The van der Waals surface area contributed by atoms with E-state index < -0.39 is 17.7 Å². The van der Waals surface area contributed by atoms with E-state index in [1.807, 2.05) is 24.3 Å². The Hall–Kier alpha value is -2.28. The topological polar surface area (TPSA) is 82.1 Å². The third kappa shape index (κ3) is 4.91. The molecule has 2 fully saturated rings. The summed E-state index contributed by atoms with van der Waals surface area (Å²) in [5, 5.41) is 12.4. The Morgan fingerprint density at radius 3 is 2.41 bits per heavy atom. The van der Waals surface area contributed by atoms with Gasteiger partial charge in [0.05, 0.1) is 6.10 Å². The van der Waals surface area contributed by atoms with Crippen LogP contribution in [0.5, 0.6) is 0 Å². The van der Waals surface area contributed by atoms with Crippen molar-refractivity contribution in [3.63, 3.8) is 0 Å². The van der Waals surface area contributed by atoms with Gasteiger partial charge in [0.15, 0.2) is 0 Å². The number of hydrogen-bond acceptors (Lipinski definition) is 5. The number of rotatable bonds is 3. The van der Waals surface area contributed by atoms with Gasteiger partial charge in [-0.15, -0.1) is 0 Å². The number of carbonyl (C=O) groups is 2. The van der Waals surface area contributed by atoms with E-state index in [2.05, 4.69) is 10.2 Å². The molecule has 0 aromatic heterocycles. The standard InChI is InChI=1S/C20H29N3O4/c1-20(2,3)27-19(26)21-17-5-4-11-23(18(17)25)15-8-6-14(7-9-15)22-12-10-16(24)13-22/h6-9,16-17,24H,4-5,10-13H2,1-3H3,(H,21,26)/t16-,17?/m1/s1. The second kappa shape index (κ2) is 7.76. The summed E-state index contributed by atoms with van der Waals surface area (Å²) in [5.41, 5.74) is 1.27. The van der Waals surface area contributed by atoms with Gasteiger partial charge in [-0.05, 0) is 64.3 Å². The monoisotopic (exact) mass is 375 g/mol. The van der Waals surface area contributed by atoms with Crippen molar-refractivity contribution in [3.8, 4) is 0 Å². The zero-order valence-corrected chi connectivity index (χ0v) is 16.3. The minimum Gasteiger partial charge on any atom is -0.444 e. The molecule has 2 amide bonds. The quantitative estimate of drug-likeness (QED) is 0.847. The van der Waals surface area contributed by atoms with Gasteiger partial charge in [-0.3, -0.25) is 4.79 Å². The molecule has 2 N–H and O–H groups in total. The summed E-state index contributed by atoms with van der Waals surface area (Å²) >= 11 is 0. The first-order chi connectivity index (χ1) is 12.7. The number of β-amino-alcohol motifs (C(OH)–C–C–N with tert-alkyl or cyclic N) is 1. The second-order valence-electron chi connectivity index (χ2n) is 8.24. The number of benzene rings is 1. The number of anilines is 2. The fraction of sp³-hybridized carbons (Fsp3) is 0.600. The Bertz CT molecular complexity index is 683. The first-order valence-corrected chi connectivity index (χ1v) is 9.57. The van der Waals surface area contributed by atoms with Crippen molar-refractivity contribution < 1.29 is 19.4 Å². The van der Waals surface area contributed by atoms with Gasteiger partial charge in [-0.1, -0.05) is 0 Å². The van der Waals surface area contributed by atoms with E-state index in [4.69, 9.17) is 4.74 Å². The summed E-state index contributed by atoms with van der Waals surface area (Å²) in [7, 11) is 0. The van der Waals surface area contributed by atoms with E-state index in [0.29, 0.717) is 19.5 Å². The van der Waals surface area contributed by atoms with Crippen LogP contribution in [0.25, 0.3) is 0 Å². The predicted molar refractivity (Wildman–Crippen MR) is 104 cm³/mol. The summed E-state index contributed by atoms with van der Waals surface area (Å²) in [5.74, 6) is -0.114. The fourth-order valence-electron chi connectivity index (χ4n) is 3.54. The van der Waals surface area contributed by atoms with Crippen molar-refractivity contribution in [1.29, 1.82) is 0 Å². The molecule has 1 aromatic rings. The number of aliphatic hydroxyl groups is 1. The van der Waals surface area contributed by atoms with Gasteiger partial charge in [0.2, 0.25) is 5.91 Å². The van der Waals surface area contributed by atoms with Crippen LogP contribution < -0.4 is 15.1 Å². The van der Waals surface area contributed by atoms with Gasteiger partial charge in [-0.2, -0.15) is 0 Å². The highest BCUT2D eigenvalue weighted by atomic mass is 16.6. The van der Waals surface area contributed by atoms with Gasteiger partial charge in [0.25, 0.3) is 0 Å². The molecule has 0 aliphatic carbocycles. The lowest BCUT2D eigenvalue weighted by Gasteiger charge is -2.33. The molecule has 3 rings (SSSR count). The van der Waals surface area contributed by atoms with Crippen LogP contribution in [0.1, 0.15) is 40.0 Å². The molecule has 2 heterocycles. The van der Waals surface area contributed by atoms with Crippen LogP contribution in [-0.4, -0.2) is 54.5 Å². The SMILES string of the molecule is CC(C)(C)OC(=O)NC1CCCN(c2ccc(N3CC[C@@H](O)C3)cc2)C1=O. The molecule has 0 bridgehead atoms. The molecule has 148 valence electrons. The molecular weight excluding hydrogens is 346 g/mol. The molecule has 0 spiro atoms. The second-order valence-corrected chi connectivity index (χ2v) is 8.24. The van der Waals surface area contributed by atoms with Gasteiger partial charge in [0.1, 0.15) is 11.6 Å². The summed E-state index contributed by atoms with van der Waals surface area (Å²) in [4.78, 5) is 28.7. The molecule has 2 saturated heterocycles. The average molecular weight is 375 g/mol. The number of piperidine rings is 1. The number of nitrogens with one attached hydrogen (secondary N) is 1. The maximum Gasteiger partial charge on any atom is 0.408 e. The molecule has 2 aliphatic heterocycles. The lowest BCUT2D eigenvalue weighted by Crippen LogP contribution is -2.53. The van der Waals surface area contributed by atoms with E-state index in [1.54, 1.807) is 25.7 Å². The summed E-state index contributed by atoms with van der Waals surface area (Å²) in [6.45, 7) is 7.50. The van der Waals surface area contributed by atoms with E-state index in [0.717, 1.165) is 30.8 Å². The minimum atomic E-state index is -0.597. The van der Waals surface area contributed by atoms with Gasteiger partial charge in [0, 0.05) is 31.0 Å².